The number of rotatable bonds is 3. The molecule has 0 aliphatic heterocycles. The molecule has 2 aromatic rings. The maximum atomic E-state index is 11.7. The van der Waals surface area contributed by atoms with E-state index in [4.69, 9.17) is 15.2 Å². The molecule has 1 aromatic heterocycles. The highest BCUT2D eigenvalue weighted by atomic mass is 16.6. The van der Waals surface area contributed by atoms with Gasteiger partial charge < -0.3 is 15.2 Å². The van der Waals surface area contributed by atoms with E-state index in [0.717, 1.165) is 0 Å². The molecule has 0 bridgehead atoms. The molecular formula is C11H11N3O3. The molecule has 0 unspecified atom stereocenters. The number of aromatic amines is 1. The zero-order valence-electron chi connectivity index (χ0n) is 9.14. The second-order valence-corrected chi connectivity index (χ2v) is 3.24. The van der Waals surface area contributed by atoms with Gasteiger partial charge in [0.2, 0.25) is 0 Å². The summed E-state index contributed by atoms with van der Waals surface area (Å²) in [6.45, 7) is 0. The third-order valence-corrected chi connectivity index (χ3v) is 2.16. The molecule has 0 aliphatic carbocycles. The van der Waals surface area contributed by atoms with Gasteiger partial charge in [0, 0.05) is 0 Å². The van der Waals surface area contributed by atoms with Gasteiger partial charge in [0.25, 0.3) is 0 Å². The van der Waals surface area contributed by atoms with Crippen molar-refractivity contribution in [2.75, 3.05) is 12.8 Å². The number of nitrogens with zero attached hydrogens (tertiary/aromatic N) is 1. The van der Waals surface area contributed by atoms with Gasteiger partial charge in [0.15, 0.2) is 11.5 Å². The monoisotopic (exact) mass is 233 g/mol. The lowest BCUT2D eigenvalue weighted by Gasteiger charge is -2.07. The molecule has 0 radical (unpaired) electrons. The van der Waals surface area contributed by atoms with E-state index < -0.39 is 5.97 Å². The summed E-state index contributed by atoms with van der Waals surface area (Å²) in [5.41, 5.74) is 5.71. The summed E-state index contributed by atoms with van der Waals surface area (Å²) in [6, 6.07) is 6.85. The fraction of sp³-hybridized carbons (Fsp3) is 0.0909. The van der Waals surface area contributed by atoms with Gasteiger partial charge in [-0.2, -0.15) is 5.10 Å². The van der Waals surface area contributed by atoms with Crippen molar-refractivity contribution in [3.05, 3.63) is 36.0 Å². The number of nitrogen functional groups attached to an aromatic ring is 1. The Morgan fingerprint density at radius 2 is 2.06 bits per heavy atom. The quantitative estimate of drug-likeness (QED) is 0.614. The number of H-pyrrole nitrogens is 1. The largest absolute Gasteiger partial charge is 0.493 e. The molecule has 17 heavy (non-hydrogen) atoms. The van der Waals surface area contributed by atoms with Crippen LogP contribution in [0.2, 0.25) is 0 Å². The van der Waals surface area contributed by atoms with Crippen LogP contribution in [0.4, 0.5) is 5.82 Å². The number of carbonyl (C=O) groups is 1. The molecule has 6 nitrogen and oxygen atoms in total. The molecule has 0 atom stereocenters. The molecule has 3 N–H and O–H groups in total. The highest BCUT2D eigenvalue weighted by Gasteiger charge is 2.15. The molecule has 2 rings (SSSR count). The van der Waals surface area contributed by atoms with Crippen molar-refractivity contribution in [3.8, 4) is 11.5 Å². The second-order valence-electron chi connectivity index (χ2n) is 3.24. The molecule has 0 amide bonds. The molecule has 0 aliphatic rings. The number of carbonyl (C=O) groups excluding carboxylic acids is 1. The van der Waals surface area contributed by atoms with E-state index in [1.807, 2.05) is 0 Å². The predicted molar refractivity (Wildman–Crippen MR) is 61.0 cm³/mol. The fourth-order valence-corrected chi connectivity index (χ4v) is 1.32. The Morgan fingerprint density at radius 1 is 1.35 bits per heavy atom. The highest BCUT2D eigenvalue weighted by molar-refractivity contribution is 5.95. The van der Waals surface area contributed by atoms with Crippen molar-refractivity contribution in [3.63, 3.8) is 0 Å². The smallest absolute Gasteiger partial charge is 0.349 e. The van der Waals surface area contributed by atoms with Crippen LogP contribution in [0, 0.1) is 0 Å². The third-order valence-electron chi connectivity index (χ3n) is 2.16. The number of para-hydroxylation sites is 2. The van der Waals surface area contributed by atoms with Crippen LogP contribution in [-0.4, -0.2) is 23.3 Å². The van der Waals surface area contributed by atoms with Gasteiger partial charge >= 0.3 is 5.97 Å². The minimum Gasteiger partial charge on any atom is -0.493 e. The van der Waals surface area contributed by atoms with E-state index in [0.29, 0.717) is 11.5 Å². The second kappa shape index (κ2) is 4.56. The summed E-state index contributed by atoms with van der Waals surface area (Å²) in [6.07, 6.45) is 1.31. The Morgan fingerprint density at radius 3 is 2.65 bits per heavy atom. The van der Waals surface area contributed by atoms with Crippen molar-refractivity contribution in [1.29, 1.82) is 0 Å². The lowest BCUT2D eigenvalue weighted by Crippen LogP contribution is -2.10. The molecule has 0 saturated carbocycles. The molecule has 1 heterocycles. The predicted octanol–water partition coefficient (Wildman–Crippen LogP) is 1.22. The Balaban J connectivity index is 2.22. The normalized spacial score (nSPS) is 9.94. The Hall–Kier alpha value is -2.50. The maximum Gasteiger partial charge on any atom is 0.349 e. The number of hydrogen-bond acceptors (Lipinski definition) is 5. The van der Waals surface area contributed by atoms with Crippen LogP contribution >= 0.6 is 0 Å². The maximum absolute atomic E-state index is 11.7. The van der Waals surface area contributed by atoms with E-state index in [9.17, 15) is 4.79 Å². The first-order valence-electron chi connectivity index (χ1n) is 4.86. The fourth-order valence-electron chi connectivity index (χ4n) is 1.32. The number of methoxy groups -OCH3 is 1. The molecular weight excluding hydrogens is 222 g/mol. The van der Waals surface area contributed by atoms with Crippen LogP contribution in [-0.2, 0) is 0 Å². The number of anilines is 1. The van der Waals surface area contributed by atoms with Gasteiger partial charge in [-0.05, 0) is 12.1 Å². The van der Waals surface area contributed by atoms with Gasteiger partial charge in [-0.3, -0.25) is 5.10 Å². The Labute approximate surface area is 97.3 Å². The zero-order chi connectivity index (χ0) is 12.3. The van der Waals surface area contributed by atoms with Crippen molar-refractivity contribution >= 4 is 11.8 Å². The zero-order valence-corrected chi connectivity index (χ0v) is 9.14. The van der Waals surface area contributed by atoms with E-state index in [-0.39, 0.29) is 11.4 Å². The molecule has 0 spiro atoms. The van der Waals surface area contributed by atoms with Crippen LogP contribution in [0.3, 0.4) is 0 Å². The third kappa shape index (κ3) is 2.20. The average Bonchev–Trinajstić information content (AvgIpc) is 2.76. The number of nitrogens with two attached hydrogens (primary N) is 1. The van der Waals surface area contributed by atoms with Gasteiger partial charge in [-0.25, -0.2) is 4.79 Å². The lowest BCUT2D eigenvalue weighted by atomic mass is 10.3. The topological polar surface area (TPSA) is 90.2 Å². The number of esters is 1. The summed E-state index contributed by atoms with van der Waals surface area (Å²) >= 11 is 0. The van der Waals surface area contributed by atoms with E-state index in [1.165, 1.54) is 13.3 Å². The number of aromatic nitrogens is 2. The number of ether oxygens (including phenoxy) is 2. The average molecular weight is 233 g/mol. The van der Waals surface area contributed by atoms with Gasteiger partial charge in [0.1, 0.15) is 11.4 Å². The van der Waals surface area contributed by atoms with Crippen LogP contribution < -0.4 is 15.2 Å². The van der Waals surface area contributed by atoms with Crippen LogP contribution in [0.15, 0.2) is 30.5 Å². The SMILES string of the molecule is COc1ccccc1OC(=O)c1cn[nH]c1N. The molecule has 6 heteroatoms. The van der Waals surface area contributed by atoms with E-state index >= 15 is 0 Å². The van der Waals surface area contributed by atoms with Crippen molar-refractivity contribution in [2.45, 2.75) is 0 Å². The number of nitrogens with one attached hydrogen (secondary N) is 1. The number of benzene rings is 1. The van der Waals surface area contributed by atoms with Crippen LogP contribution in [0.1, 0.15) is 10.4 Å². The number of hydrogen-bond donors (Lipinski definition) is 2. The standard InChI is InChI=1S/C11H11N3O3/c1-16-8-4-2-3-5-9(8)17-11(15)7-6-13-14-10(7)12/h2-6H,1H3,(H3,12,13,14). The first kappa shape index (κ1) is 11.0. The van der Waals surface area contributed by atoms with Gasteiger partial charge in [-0.1, -0.05) is 12.1 Å². The summed E-state index contributed by atoms with van der Waals surface area (Å²) in [4.78, 5) is 11.7. The Bertz CT molecular complexity index is 536. The minimum absolute atomic E-state index is 0.171. The summed E-state index contributed by atoms with van der Waals surface area (Å²) in [5, 5.41) is 6.10. The van der Waals surface area contributed by atoms with Crippen molar-refractivity contribution in [2.24, 2.45) is 0 Å². The summed E-state index contributed by atoms with van der Waals surface area (Å²) in [7, 11) is 1.50. The van der Waals surface area contributed by atoms with Gasteiger partial charge in [-0.15, -0.1) is 0 Å². The minimum atomic E-state index is -0.583. The molecule has 0 saturated heterocycles. The van der Waals surface area contributed by atoms with E-state index in [1.54, 1.807) is 24.3 Å². The first-order valence-corrected chi connectivity index (χ1v) is 4.86. The molecule has 1 aromatic carbocycles. The van der Waals surface area contributed by atoms with Crippen molar-refractivity contribution in [1.82, 2.24) is 10.2 Å². The molecule has 88 valence electrons. The van der Waals surface area contributed by atoms with Crippen LogP contribution in [0.25, 0.3) is 0 Å². The van der Waals surface area contributed by atoms with Gasteiger partial charge in [0.05, 0.1) is 13.3 Å². The lowest BCUT2D eigenvalue weighted by molar-refractivity contribution is 0.0731. The first-order chi connectivity index (χ1) is 8.22. The van der Waals surface area contributed by atoms with E-state index in [2.05, 4.69) is 10.2 Å². The highest BCUT2D eigenvalue weighted by Crippen LogP contribution is 2.26. The molecule has 0 fully saturated rings. The Kier molecular flexibility index (Phi) is 2.95. The summed E-state index contributed by atoms with van der Waals surface area (Å²) < 4.78 is 10.2. The van der Waals surface area contributed by atoms with Crippen LogP contribution in [0.5, 0.6) is 11.5 Å². The van der Waals surface area contributed by atoms with Crippen molar-refractivity contribution < 1.29 is 14.3 Å². The summed E-state index contributed by atoms with van der Waals surface area (Å²) in [5.74, 6) is 0.397.